The lowest BCUT2D eigenvalue weighted by atomic mass is 9.80. The van der Waals surface area contributed by atoms with Crippen molar-refractivity contribution in [2.45, 2.75) is 0 Å². The second-order valence-electron chi connectivity index (χ2n) is 39.0. The largest absolute Gasteiger partial charge is 0.488 e. The summed E-state index contributed by atoms with van der Waals surface area (Å²) in [5.74, 6) is 0. The molecule has 0 atom stereocenters. The van der Waals surface area contributed by atoms with Crippen molar-refractivity contribution in [2.24, 2.45) is 0 Å². The highest BCUT2D eigenvalue weighted by Gasteiger charge is 2.27. The van der Waals surface area contributed by atoms with Crippen LogP contribution in [0.15, 0.2) is 473 Å². The zero-order valence-electron chi connectivity index (χ0n) is 79.1. The molecule has 14 nitrogen and oxygen atoms in total. The summed E-state index contributed by atoms with van der Waals surface area (Å²) in [6.07, 6.45) is 0. The van der Waals surface area contributed by atoms with E-state index in [-0.39, 0.29) is 0 Å². The van der Waals surface area contributed by atoms with Crippen LogP contribution in [0.5, 0.6) is 0 Å². The Kier molecular flexibility index (Phi) is 18.4. The van der Waals surface area contributed by atoms with E-state index in [1.807, 2.05) is 36.4 Å². The van der Waals surface area contributed by atoms with E-state index >= 15 is 0 Å². The standard InChI is InChI=1S/C96H51N3O6.C30H18BNO4.C6H3Br3/c1-7-19-79-61(13-1)62-14-2-8-20-80(62)97(79)58-28-34-88-70(43-58)76-49-91-73(46-94(76)103-88)67-40-52(25-31-85(67)100-91)55-37-56(53-26-32-86-68(41-53)74-47-95-77(50-92(74)101-86)71-44-59(29-35-89(71)104-95)98-81-21-9-3-15-63(81)64-16-4-10-22-82(64)98)39-57(38-55)54-27-33-87-69(42-54)75-48-96-78(51-93(75)102-87)72-45-60(30-36-90(72)105-96)99-83-23-11-5-17-65(83)66-18-6-12-24-84(66)99;33-31(34)17-9-11-27-21(13-17)23-15-30-24(16-29(23)35-27)22-14-18(10-12-28(22)36-30)32-25-7-3-1-5-19(25)20-6-2-4-8-26(20)32;7-4-1-5(8)3-6(9)2-4/h1-51H;1-16,33-34H;1-3H. The Bertz CT molecular complexity index is 10900. The van der Waals surface area contributed by atoms with Gasteiger partial charge in [0, 0.05) is 165 Å². The first-order chi connectivity index (χ1) is 73.8. The third kappa shape index (κ3) is 13.1. The summed E-state index contributed by atoms with van der Waals surface area (Å²) in [7, 11) is -1.53. The maximum absolute atomic E-state index is 9.60. The fourth-order valence-corrected chi connectivity index (χ4v) is 26.3. The maximum atomic E-state index is 9.60. The van der Waals surface area contributed by atoms with Crippen LogP contribution in [0.1, 0.15) is 0 Å². The summed E-state index contributed by atoms with van der Waals surface area (Å²) in [4.78, 5) is 0. The van der Waals surface area contributed by atoms with Crippen molar-refractivity contribution >= 4 is 323 Å². The minimum absolute atomic E-state index is 0.422. The number of benzene rings is 22. The molecule has 2 N–H and O–H groups in total. The van der Waals surface area contributed by atoms with Crippen molar-refractivity contribution in [1.29, 1.82) is 0 Å². The molecule has 34 aromatic rings. The van der Waals surface area contributed by atoms with E-state index in [2.05, 4.69) is 436 Å². The predicted molar refractivity (Wildman–Crippen MR) is 624 cm³/mol. The topological polar surface area (TPSA) is 165 Å². The van der Waals surface area contributed by atoms with Gasteiger partial charge in [0.15, 0.2) is 0 Å². The molecule has 34 rings (SSSR count). The summed E-state index contributed by atoms with van der Waals surface area (Å²) in [6.45, 7) is 0. The van der Waals surface area contributed by atoms with E-state index in [9.17, 15) is 10.0 Å². The Morgan fingerprint density at radius 3 is 0.527 bits per heavy atom. The van der Waals surface area contributed by atoms with Gasteiger partial charge in [0.1, 0.15) is 89.3 Å². The van der Waals surface area contributed by atoms with Gasteiger partial charge < -0.3 is 63.7 Å². The molecular weight excluding hydrogens is 2050 g/mol. The average molecular weight is 2120 g/mol. The molecule has 22 aromatic carbocycles. The van der Waals surface area contributed by atoms with E-state index in [1.54, 1.807) is 18.2 Å². The number of nitrogens with zero attached hydrogens (tertiary/aromatic N) is 4. The molecule has 0 saturated carbocycles. The number of hydrogen-bond donors (Lipinski definition) is 2. The lowest BCUT2D eigenvalue weighted by Gasteiger charge is -2.12. The van der Waals surface area contributed by atoms with Crippen LogP contribution in [0.2, 0.25) is 0 Å². The van der Waals surface area contributed by atoms with Crippen molar-refractivity contribution in [3.63, 3.8) is 0 Å². The quantitative estimate of drug-likeness (QED) is 0.140. The summed E-state index contributed by atoms with van der Waals surface area (Å²) in [5, 5.41) is 44.7. The number of para-hydroxylation sites is 8. The Hall–Kier alpha value is -18.1. The van der Waals surface area contributed by atoms with Gasteiger partial charge in [-0.25, -0.2) is 0 Å². The van der Waals surface area contributed by atoms with Crippen molar-refractivity contribution in [2.75, 3.05) is 0 Å². The Morgan fingerprint density at radius 2 is 0.320 bits per heavy atom. The molecule has 12 heterocycles. The van der Waals surface area contributed by atoms with Crippen molar-refractivity contribution in [3.8, 4) is 56.1 Å². The molecule has 0 fully saturated rings. The highest BCUT2D eigenvalue weighted by atomic mass is 79.9. The molecule has 0 amide bonds. The van der Waals surface area contributed by atoms with Gasteiger partial charge in [-0.3, -0.25) is 0 Å². The highest BCUT2D eigenvalue weighted by Crippen LogP contribution is 2.50. The first kappa shape index (κ1) is 85.1. The number of halogens is 3. The molecule has 18 heteroatoms. The summed E-state index contributed by atoms with van der Waals surface area (Å²) in [6, 6.07) is 149. The molecule has 0 unspecified atom stereocenters. The molecule has 0 aliphatic heterocycles. The summed E-state index contributed by atoms with van der Waals surface area (Å²) < 4.78 is 65.6. The third-order valence-electron chi connectivity index (χ3n) is 30.6. The van der Waals surface area contributed by atoms with Crippen LogP contribution in [-0.2, 0) is 0 Å². The number of aromatic nitrogens is 4. The lowest BCUT2D eigenvalue weighted by molar-refractivity contribution is 0.426. The Morgan fingerprint density at radius 1 is 0.147 bits per heavy atom. The number of rotatable bonds is 8. The zero-order valence-corrected chi connectivity index (χ0v) is 83.8. The monoisotopic (exact) mass is 2120 g/mol. The maximum Gasteiger partial charge on any atom is 0.488 e. The van der Waals surface area contributed by atoms with Crippen molar-refractivity contribution in [1.82, 2.24) is 18.3 Å². The molecule has 0 spiro atoms. The van der Waals surface area contributed by atoms with Crippen molar-refractivity contribution < 1.29 is 45.4 Å². The van der Waals surface area contributed by atoms with E-state index in [1.165, 1.54) is 43.1 Å². The molecular formula is C132H72BBr3N4O10. The smallest absolute Gasteiger partial charge is 0.456 e. The van der Waals surface area contributed by atoms with Crippen molar-refractivity contribution in [3.05, 3.63) is 438 Å². The number of fused-ring (bicyclic) bond motifs is 36. The molecule has 0 aliphatic carbocycles. The normalized spacial score (nSPS) is 12.3. The average Bonchev–Trinajstić information content (AvgIpc) is 1.58. The van der Waals surface area contributed by atoms with Crippen LogP contribution in [0.25, 0.3) is 319 Å². The second kappa shape index (κ2) is 32.4. The molecule has 0 bridgehead atoms. The SMILES string of the molecule is Brc1cc(Br)cc(Br)c1.OB(O)c1ccc2oc3cc4c(cc3c2c1)oc1ccc(-n2c3ccccc3c3ccccc32)cc14.c1ccc2c(c1)c1ccccc1n2-c1ccc2oc3cc4c(cc3c2c1)oc1ccc(-c2cc(-c3ccc5oc6cc7c(cc6c5c3)oc3ccc(-n5c6ccccc6c6ccccc65)cc37)cc(-c3ccc5oc6cc7c(cc6c5c3)oc3ccc(-n5c6ccccc6c6ccccc65)cc37)c2)cc14. The minimum atomic E-state index is -1.53. The van der Waals surface area contributed by atoms with Gasteiger partial charge in [0.2, 0.25) is 0 Å². The van der Waals surface area contributed by atoms with Gasteiger partial charge in [0.25, 0.3) is 0 Å². The van der Waals surface area contributed by atoms with Crippen LogP contribution in [0.4, 0.5) is 0 Å². The molecule has 0 radical (unpaired) electrons. The van der Waals surface area contributed by atoms with Crippen LogP contribution >= 0.6 is 47.8 Å². The van der Waals surface area contributed by atoms with Gasteiger partial charge in [0.05, 0.1) is 44.1 Å². The lowest BCUT2D eigenvalue weighted by Crippen LogP contribution is -2.29. The summed E-state index contributed by atoms with van der Waals surface area (Å²) >= 11 is 10.1. The fraction of sp³-hybridized carbons (Fsp3) is 0. The van der Waals surface area contributed by atoms with Gasteiger partial charge >= 0.3 is 7.12 Å². The highest BCUT2D eigenvalue weighted by molar-refractivity contribution is 9.11. The first-order valence-electron chi connectivity index (χ1n) is 49.7. The number of hydrogen-bond acceptors (Lipinski definition) is 10. The van der Waals surface area contributed by atoms with E-state index in [4.69, 9.17) is 35.3 Å². The van der Waals surface area contributed by atoms with Crippen LogP contribution in [0.3, 0.4) is 0 Å². The summed E-state index contributed by atoms with van der Waals surface area (Å²) in [5.41, 5.74) is 32.9. The Balaban J connectivity index is 0.000000181. The molecule has 0 saturated heterocycles. The van der Waals surface area contributed by atoms with Gasteiger partial charge in [-0.05, 0) is 288 Å². The fourth-order valence-electron chi connectivity index (χ4n) is 23.9. The van der Waals surface area contributed by atoms with Crippen LogP contribution in [0, 0.1) is 0 Å². The van der Waals surface area contributed by atoms with Gasteiger partial charge in [-0.15, -0.1) is 0 Å². The molecule has 0 aliphatic rings. The van der Waals surface area contributed by atoms with Crippen LogP contribution in [-0.4, -0.2) is 35.4 Å². The molecule has 704 valence electrons. The number of furan rings is 8. The first-order valence-corrected chi connectivity index (χ1v) is 52.1. The van der Waals surface area contributed by atoms with Gasteiger partial charge in [-0.1, -0.05) is 224 Å². The molecule has 12 aromatic heterocycles. The zero-order chi connectivity index (χ0) is 98.8. The Labute approximate surface area is 873 Å². The van der Waals surface area contributed by atoms with Gasteiger partial charge in [-0.2, -0.15) is 0 Å². The van der Waals surface area contributed by atoms with E-state index in [0.29, 0.717) is 11.0 Å². The third-order valence-corrected chi connectivity index (χ3v) is 32.0. The molecule has 150 heavy (non-hydrogen) atoms. The predicted octanol–water partition coefficient (Wildman–Crippen LogP) is 37.6. The van der Waals surface area contributed by atoms with E-state index in [0.717, 1.165) is 284 Å². The minimum Gasteiger partial charge on any atom is -0.456 e. The second-order valence-corrected chi connectivity index (χ2v) is 41.8. The van der Waals surface area contributed by atoms with Crippen LogP contribution < -0.4 is 5.46 Å². The van der Waals surface area contributed by atoms with E-state index < -0.39 is 7.12 Å².